The molecule has 0 amide bonds. The Hall–Kier alpha value is -3.64. The molecule has 0 fully saturated rings. The van der Waals surface area contributed by atoms with E-state index in [1.807, 2.05) is 48.5 Å². The predicted molar refractivity (Wildman–Crippen MR) is 114 cm³/mol. The Morgan fingerprint density at radius 2 is 1.96 bits per heavy atom. The van der Waals surface area contributed by atoms with Crippen LogP contribution in [0.15, 0.2) is 61.4 Å². The minimum absolute atomic E-state index is 0.593. The van der Waals surface area contributed by atoms with Crippen LogP contribution in [-0.2, 0) is 0 Å². The van der Waals surface area contributed by atoms with E-state index in [1.165, 1.54) is 6.33 Å². The highest BCUT2D eigenvalue weighted by Crippen LogP contribution is 2.26. The number of nitrogens with two attached hydrogens (primary N) is 1. The van der Waals surface area contributed by atoms with Crippen molar-refractivity contribution in [3.8, 4) is 11.4 Å². The zero-order valence-electron chi connectivity index (χ0n) is 14.9. The topological polar surface area (TPSA) is 92.5 Å². The van der Waals surface area contributed by atoms with Crippen molar-refractivity contribution >= 4 is 46.3 Å². The normalized spacial score (nSPS) is 12.5. The van der Waals surface area contributed by atoms with Crippen molar-refractivity contribution in [1.29, 1.82) is 0 Å². The van der Waals surface area contributed by atoms with Gasteiger partial charge in [-0.1, -0.05) is 54.6 Å². The molecule has 2 aromatic carbocycles. The largest absolute Gasteiger partial charge is 0.404 e. The number of aromatic amines is 1. The summed E-state index contributed by atoms with van der Waals surface area (Å²) < 4.78 is 0. The van der Waals surface area contributed by atoms with Crippen LogP contribution in [0.2, 0.25) is 5.02 Å². The van der Waals surface area contributed by atoms with Gasteiger partial charge in [0.2, 0.25) is 0 Å². The third-order valence-electron chi connectivity index (χ3n) is 4.35. The average Bonchev–Trinajstić information content (AvgIpc) is 3.24. The summed E-state index contributed by atoms with van der Waals surface area (Å²) >= 11 is 6.33. The summed E-state index contributed by atoms with van der Waals surface area (Å²) in [6.45, 7) is 3.82. The lowest BCUT2D eigenvalue weighted by Gasteiger charge is -2.12. The lowest BCUT2D eigenvalue weighted by molar-refractivity contribution is 1.10. The van der Waals surface area contributed by atoms with Gasteiger partial charge in [-0.3, -0.25) is 0 Å². The first-order valence-corrected chi connectivity index (χ1v) is 8.96. The molecule has 28 heavy (non-hydrogen) atoms. The fraction of sp³-hybridized carbons (Fsp3) is 0. The van der Waals surface area contributed by atoms with Crippen molar-refractivity contribution in [2.75, 3.05) is 5.32 Å². The number of anilines is 2. The molecule has 0 saturated heterocycles. The maximum Gasteiger partial charge on any atom is 0.163 e. The molecule has 138 valence electrons. The average molecular weight is 389 g/mol. The number of para-hydroxylation sites is 2. The summed E-state index contributed by atoms with van der Waals surface area (Å²) in [7, 11) is 0. The first kappa shape index (κ1) is 17.8. The predicted octanol–water partition coefficient (Wildman–Crippen LogP) is 3.08. The molecule has 6 nitrogen and oxygen atoms in total. The van der Waals surface area contributed by atoms with Gasteiger partial charge in [0, 0.05) is 27.6 Å². The smallest absolute Gasteiger partial charge is 0.163 e. The molecule has 0 spiro atoms. The Labute approximate surface area is 166 Å². The van der Waals surface area contributed by atoms with Crippen LogP contribution in [0.4, 0.5) is 11.5 Å². The number of halogens is 1. The quantitative estimate of drug-likeness (QED) is 0.499. The second-order valence-corrected chi connectivity index (χ2v) is 6.41. The second-order valence-electron chi connectivity index (χ2n) is 6.00. The Balaban J connectivity index is 2.07. The first-order valence-electron chi connectivity index (χ1n) is 8.58. The molecule has 0 unspecified atom stereocenters. The van der Waals surface area contributed by atoms with Gasteiger partial charge >= 0.3 is 0 Å². The van der Waals surface area contributed by atoms with E-state index < -0.39 is 0 Å². The molecule has 0 aliphatic carbocycles. The lowest BCUT2D eigenvalue weighted by atomic mass is 10.1. The van der Waals surface area contributed by atoms with Gasteiger partial charge < -0.3 is 16.0 Å². The standard InChI is InChI=1S/C21H17ClN6/c1-2-6-14-16(11-23)13-7-5-8-15(20-24-12-25-28-20)19(13)27-21(14)26-18-10-4-3-9-17(18)22/h2-12H,1,23H2,(H,26,27)(H,24,25,28)/b14-6+,16-11-. The molecule has 0 aliphatic rings. The fourth-order valence-corrected chi connectivity index (χ4v) is 3.29. The highest BCUT2D eigenvalue weighted by molar-refractivity contribution is 6.33. The molecule has 0 saturated carbocycles. The van der Waals surface area contributed by atoms with Gasteiger partial charge in [-0.25, -0.2) is 4.98 Å². The Morgan fingerprint density at radius 1 is 1.11 bits per heavy atom. The van der Waals surface area contributed by atoms with E-state index in [9.17, 15) is 0 Å². The lowest BCUT2D eigenvalue weighted by Crippen LogP contribution is -2.31. The maximum atomic E-state index is 6.33. The summed E-state index contributed by atoms with van der Waals surface area (Å²) in [5, 5.41) is 14.5. The van der Waals surface area contributed by atoms with Crippen molar-refractivity contribution in [2.24, 2.45) is 5.73 Å². The van der Waals surface area contributed by atoms with E-state index in [2.05, 4.69) is 27.1 Å². The van der Waals surface area contributed by atoms with Crippen LogP contribution in [0.25, 0.3) is 34.6 Å². The highest BCUT2D eigenvalue weighted by atomic mass is 35.5. The minimum Gasteiger partial charge on any atom is -0.404 e. The number of nitrogens with one attached hydrogen (secondary N) is 2. The molecule has 2 heterocycles. The van der Waals surface area contributed by atoms with E-state index in [-0.39, 0.29) is 0 Å². The second kappa shape index (κ2) is 7.54. The van der Waals surface area contributed by atoms with E-state index >= 15 is 0 Å². The molecule has 4 rings (SSSR count). The summed E-state index contributed by atoms with van der Waals surface area (Å²) in [6.07, 6.45) is 6.67. The SMILES string of the molecule is C=C/C=c1/c(Nc2ccccc2Cl)nc2c(-c3nnc[nH]3)cccc2/c1=C/N. The maximum absolute atomic E-state index is 6.33. The van der Waals surface area contributed by atoms with Crippen LogP contribution in [0.3, 0.4) is 0 Å². The number of benzene rings is 2. The van der Waals surface area contributed by atoms with Crippen LogP contribution >= 0.6 is 11.6 Å². The molecule has 4 aromatic rings. The van der Waals surface area contributed by atoms with Crippen molar-refractivity contribution < 1.29 is 0 Å². The molecule has 4 N–H and O–H groups in total. The van der Waals surface area contributed by atoms with Gasteiger partial charge in [-0.05, 0) is 18.2 Å². The minimum atomic E-state index is 0.593. The van der Waals surface area contributed by atoms with E-state index in [0.29, 0.717) is 16.7 Å². The van der Waals surface area contributed by atoms with Crippen molar-refractivity contribution in [2.45, 2.75) is 0 Å². The van der Waals surface area contributed by atoms with Gasteiger partial charge in [0.15, 0.2) is 5.82 Å². The number of fused-ring (bicyclic) bond motifs is 1. The fourth-order valence-electron chi connectivity index (χ4n) is 3.11. The molecule has 0 atom stereocenters. The van der Waals surface area contributed by atoms with Crippen molar-refractivity contribution in [3.63, 3.8) is 0 Å². The number of rotatable bonds is 4. The number of pyridine rings is 1. The monoisotopic (exact) mass is 388 g/mol. The van der Waals surface area contributed by atoms with Crippen LogP contribution < -0.4 is 21.5 Å². The number of hydrogen-bond acceptors (Lipinski definition) is 5. The number of hydrogen-bond donors (Lipinski definition) is 3. The molecule has 0 bridgehead atoms. The number of allylic oxidation sites excluding steroid dienone is 1. The summed E-state index contributed by atoms with van der Waals surface area (Å²) in [6, 6.07) is 13.3. The van der Waals surface area contributed by atoms with E-state index in [0.717, 1.165) is 32.6 Å². The molecule has 0 aliphatic heterocycles. The third kappa shape index (κ3) is 3.10. The first-order chi connectivity index (χ1) is 13.7. The van der Waals surface area contributed by atoms with Crippen LogP contribution in [-0.4, -0.2) is 20.2 Å². The van der Waals surface area contributed by atoms with Crippen LogP contribution in [0.1, 0.15) is 0 Å². The number of nitrogens with zero attached hydrogens (tertiary/aromatic N) is 3. The van der Waals surface area contributed by atoms with Gasteiger partial charge in [0.1, 0.15) is 12.1 Å². The summed E-state index contributed by atoms with van der Waals surface area (Å²) in [5.41, 5.74) is 8.32. The highest BCUT2D eigenvalue weighted by Gasteiger charge is 2.12. The van der Waals surface area contributed by atoms with Gasteiger partial charge in [-0.2, -0.15) is 0 Å². The Kier molecular flexibility index (Phi) is 4.78. The van der Waals surface area contributed by atoms with Crippen LogP contribution in [0.5, 0.6) is 0 Å². The molecule has 2 aromatic heterocycles. The summed E-state index contributed by atoms with van der Waals surface area (Å²) in [5.74, 6) is 1.24. The zero-order valence-corrected chi connectivity index (χ0v) is 15.6. The molecular weight excluding hydrogens is 372 g/mol. The van der Waals surface area contributed by atoms with Crippen molar-refractivity contribution in [3.05, 3.63) is 76.9 Å². The Morgan fingerprint density at radius 3 is 2.68 bits per heavy atom. The Bertz CT molecular complexity index is 1280. The molecule has 0 radical (unpaired) electrons. The molecular formula is C21H17ClN6. The summed E-state index contributed by atoms with van der Waals surface area (Å²) in [4.78, 5) is 7.91. The van der Waals surface area contributed by atoms with E-state index in [4.69, 9.17) is 22.3 Å². The third-order valence-corrected chi connectivity index (χ3v) is 4.67. The number of aromatic nitrogens is 4. The number of H-pyrrole nitrogens is 1. The van der Waals surface area contributed by atoms with Gasteiger partial charge in [0.05, 0.1) is 16.2 Å². The van der Waals surface area contributed by atoms with Crippen LogP contribution in [0, 0.1) is 0 Å². The van der Waals surface area contributed by atoms with Crippen molar-refractivity contribution in [1.82, 2.24) is 20.2 Å². The molecule has 7 heteroatoms. The van der Waals surface area contributed by atoms with Gasteiger partial charge in [0.25, 0.3) is 0 Å². The van der Waals surface area contributed by atoms with Gasteiger partial charge in [-0.15, -0.1) is 10.2 Å². The van der Waals surface area contributed by atoms with E-state index in [1.54, 1.807) is 12.3 Å². The zero-order chi connectivity index (χ0) is 19.5.